The molecular formula is C12H18N2O5S. The van der Waals surface area contributed by atoms with E-state index in [0.29, 0.717) is 0 Å². The van der Waals surface area contributed by atoms with Gasteiger partial charge < -0.3 is 14.2 Å². The van der Waals surface area contributed by atoms with Gasteiger partial charge >= 0.3 is 6.09 Å². The predicted molar refractivity (Wildman–Crippen MR) is 73.7 cm³/mol. The second-order valence-corrected chi connectivity index (χ2v) is 4.71. The highest BCUT2D eigenvalue weighted by Gasteiger charge is 2.10. The average Bonchev–Trinajstić information content (AvgIpc) is 2.47. The fraction of sp³-hybridized carbons (Fsp3) is 0.417. The Labute approximate surface area is 120 Å². The summed E-state index contributed by atoms with van der Waals surface area (Å²) in [5.41, 5.74) is 0.847. The van der Waals surface area contributed by atoms with Gasteiger partial charge in [-0.05, 0) is 5.56 Å². The zero-order valence-corrected chi connectivity index (χ0v) is 12.1. The summed E-state index contributed by atoms with van der Waals surface area (Å²) in [5.74, 6) is 0. The first-order valence-corrected chi connectivity index (χ1v) is 6.99. The Kier molecular flexibility index (Phi) is 7.81. The third-order valence-electron chi connectivity index (χ3n) is 2.30. The van der Waals surface area contributed by atoms with Crippen LogP contribution < -0.4 is 9.44 Å². The van der Waals surface area contributed by atoms with E-state index in [4.69, 9.17) is 14.2 Å². The van der Waals surface area contributed by atoms with E-state index in [9.17, 15) is 9.00 Å². The van der Waals surface area contributed by atoms with Gasteiger partial charge in [0.05, 0.1) is 6.54 Å². The number of carbonyl (C=O) groups is 1. The molecule has 20 heavy (non-hydrogen) atoms. The zero-order chi connectivity index (χ0) is 14.8. The Bertz CT molecular complexity index is 425. The van der Waals surface area contributed by atoms with E-state index < -0.39 is 23.6 Å². The molecule has 0 spiro atoms. The van der Waals surface area contributed by atoms with E-state index in [2.05, 4.69) is 9.44 Å². The maximum atomic E-state index is 11.5. The van der Waals surface area contributed by atoms with Gasteiger partial charge in [-0.15, -0.1) is 0 Å². The summed E-state index contributed by atoms with van der Waals surface area (Å²) in [4.78, 5) is 11.4. The molecule has 0 radical (unpaired) electrons. The number of methoxy groups -OCH3 is 2. The molecule has 1 rings (SSSR count). The maximum absolute atomic E-state index is 11.5. The van der Waals surface area contributed by atoms with Crippen LogP contribution in [0.25, 0.3) is 0 Å². The van der Waals surface area contributed by atoms with Crippen molar-refractivity contribution in [3.8, 4) is 0 Å². The second-order valence-electron chi connectivity index (χ2n) is 3.68. The largest absolute Gasteiger partial charge is 0.444 e. The normalized spacial score (nSPS) is 12.2. The Morgan fingerprint density at radius 3 is 2.50 bits per heavy atom. The van der Waals surface area contributed by atoms with Crippen LogP contribution in [0.3, 0.4) is 0 Å². The molecular weight excluding hydrogens is 284 g/mol. The lowest BCUT2D eigenvalue weighted by Crippen LogP contribution is -2.39. The minimum atomic E-state index is -1.77. The molecule has 1 atom stereocenters. The molecule has 1 aromatic rings. The summed E-state index contributed by atoms with van der Waals surface area (Å²) in [6.07, 6.45) is -1.31. The van der Waals surface area contributed by atoms with E-state index in [1.165, 1.54) is 14.2 Å². The lowest BCUT2D eigenvalue weighted by Gasteiger charge is -2.13. The first-order valence-electron chi connectivity index (χ1n) is 5.84. The van der Waals surface area contributed by atoms with Crippen molar-refractivity contribution in [1.82, 2.24) is 9.44 Å². The van der Waals surface area contributed by atoms with Crippen LogP contribution in [0.4, 0.5) is 4.79 Å². The van der Waals surface area contributed by atoms with E-state index in [1.807, 2.05) is 30.3 Å². The fourth-order valence-corrected chi connectivity index (χ4v) is 1.84. The van der Waals surface area contributed by atoms with E-state index in [1.54, 1.807) is 0 Å². The Morgan fingerprint density at radius 2 is 1.90 bits per heavy atom. The number of amides is 1. The minimum Gasteiger partial charge on any atom is -0.444 e. The molecule has 0 aliphatic rings. The highest BCUT2D eigenvalue weighted by molar-refractivity contribution is 7.81. The highest BCUT2D eigenvalue weighted by Crippen LogP contribution is 2.00. The van der Waals surface area contributed by atoms with Crippen LogP contribution in [0.5, 0.6) is 0 Å². The predicted octanol–water partition coefficient (Wildman–Crippen LogP) is 0.700. The van der Waals surface area contributed by atoms with Gasteiger partial charge in [0.25, 0.3) is 0 Å². The molecule has 2 N–H and O–H groups in total. The number of rotatable bonds is 8. The molecule has 0 saturated carbocycles. The molecule has 0 bridgehead atoms. The quantitative estimate of drug-likeness (QED) is 0.690. The van der Waals surface area contributed by atoms with E-state index >= 15 is 0 Å². The standard InChI is InChI=1S/C12H18N2O5S/c1-17-11(18-2)8-13-20(16)14-12(15)19-9-10-6-4-3-5-7-10/h3-7,11,13H,8-9H2,1-2H3,(H,14,15). The van der Waals surface area contributed by atoms with Gasteiger partial charge in [-0.25, -0.2) is 18.4 Å². The van der Waals surface area contributed by atoms with Crippen LogP contribution in [0.15, 0.2) is 30.3 Å². The van der Waals surface area contributed by atoms with Crippen molar-refractivity contribution in [3.63, 3.8) is 0 Å². The molecule has 0 heterocycles. The summed E-state index contributed by atoms with van der Waals surface area (Å²) >= 11 is -1.77. The third kappa shape index (κ3) is 6.62. The van der Waals surface area contributed by atoms with Gasteiger partial charge in [0.2, 0.25) is 0 Å². The highest BCUT2D eigenvalue weighted by atomic mass is 32.2. The molecule has 1 aromatic carbocycles. The van der Waals surface area contributed by atoms with Gasteiger partial charge in [0, 0.05) is 14.2 Å². The Balaban J connectivity index is 2.23. The number of benzene rings is 1. The maximum Gasteiger partial charge on any atom is 0.420 e. The molecule has 7 nitrogen and oxygen atoms in total. The van der Waals surface area contributed by atoms with E-state index in [0.717, 1.165) is 5.56 Å². The lowest BCUT2D eigenvalue weighted by atomic mass is 10.2. The minimum absolute atomic E-state index is 0.114. The van der Waals surface area contributed by atoms with Crippen LogP contribution in [0, 0.1) is 0 Å². The van der Waals surface area contributed by atoms with Crippen molar-refractivity contribution in [1.29, 1.82) is 0 Å². The average molecular weight is 302 g/mol. The number of hydrogen-bond acceptors (Lipinski definition) is 5. The van der Waals surface area contributed by atoms with Crippen LogP contribution in [-0.4, -0.2) is 37.4 Å². The van der Waals surface area contributed by atoms with Gasteiger partial charge in [-0.1, -0.05) is 30.3 Å². The van der Waals surface area contributed by atoms with Crippen molar-refractivity contribution in [2.75, 3.05) is 20.8 Å². The van der Waals surface area contributed by atoms with Crippen LogP contribution in [0.1, 0.15) is 5.56 Å². The van der Waals surface area contributed by atoms with Gasteiger partial charge in [0.1, 0.15) is 6.61 Å². The summed E-state index contributed by atoms with van der Waals surface area (Å²) in [7, 11) is 2.92. The van der Waals surface area contributed by atoms with Crippen LogP contribution >= 0.6 is 0 Å². The summed E-state index contributed by atoms with van der Waals surface area (Å²) in [5, 5.41) is 0. The first-order chi connectivity index (χ1) is 9.65. The molecule has 1 amide bonds. The molecule has 0 fully saturated rings. The molecule has 1 unspecified atom stereocenters. The second kappa shape index (κ2) is 9.43. The summed E-state index contributed by atoms with van der Waals surface area (Å²) in [6.45, 7) is 0.279. The molecule has 0 aliphatic heterocycles. The molecule has 8 heteroatoms. The lowest BCUT2D eigenvalue weighted by molar-refractivity contribution is -0.0959. The Morgan fingerprint density at radius 1 is 1.25 bits per heavy atom. The van der Waals surface area contributed by atoms with Crippen molar-refractivity contribution in [2.24, 2.45) is 0 Å². The van der Waals surface area contributed by atoms with Crippen molar-refractivity contribution in [3.05, 3.63) is 35.9 Å². The van der Waals surface area contributed by atoms with Crippen LogP contribution in [-0.2, 0) is 32.0 Å². The molecule has 112 valence electrons. The number of carbonyl (C=O) groups excluding carboxylic acids is 1. The van der Waals surface area contributed by atoms with Gasteiger partial charge in [-0.3, -0.25) is 0 Å². The van der Waals surface area contributed by atoms with Gasteiger partial charge in [-0.2, -0.15) is 0 Å². The number of nitrogens with one attached hydrogen (secondary N) is 2. The first kappa shape index (κ1) is 16.6. The van der Waals surface area contributed by atoms with Gasteiger partial charge in [0.15, 0.2) is 17.5 Å². The molecule has 0 aliphatic carbocycles. The topological polar surface area (TPSA) is 85.9 Å². The van der Waals surface area contributed by atoms with Crippen LogP contribution in [0.2, 0.25) is 0 Å². The smallest absolute Gasteiger partial charge is 0.420 e. The van der Waals surface area contributed by atoms with Crippen molar-refractivity contribution >= 4 is 17.3 Å². The zero-order valence-electron chi connectivity index (χ0n) is 11.3. The third-order valence-corrected chi connectivity index (χ3v) is 3.08. The SMILES string of the molecule is COC(CNS(=O)NC(=O)OCc1ccccc1)OC. The van der Waals surface area contributed by atoms with Crippen molar-refractivity contribution < 1.29 is 23.2 Å². The van der Waals surface area contributed by atoms with Crippen molar-refractivity contribution in [2.45, 2.75) is 12.9 Å². The molecule has 0 saturated heterocycles. The summed E-state index contributed by atoms with van der Waals surface area (Å²) < 4.78 is 30.9. The number of ether oxygens (including phenoxy) is 3. The Hall–Kier alpha value is -1.48. The summed E-state index contributed by atoms with van der Waals surface area (Å²) in [6, 6.07) is 9.19. The molecule has 0 aromatic heterocycles. The fourth-order valence-electron chi connectivity index (χ4n) is 1.27. The number of hydrogen-bond donors (Lipinski definition) is 2. The van der Waals surface area contributed by atoms with E-state index in [-0.39, 0.29) is 13.2 Å². The monoisotopic (exact) mass is 302 g/mol.